The molecule has 0 aromatic heterocycles. The van der Waals surface area contributed by atoms with Gasteiger partial charge in [-0.15, -0.1) is 0 Å². The summed E-state index contributed by atoms with van der Waals surface area (Å²) in [4.78, 5) is 27.0. The van der Waals surface area contributed by atoms with Crippen LogP contribution >= 0.6 is 0 Å². The first-order valence-electron chi connectivity index (χ1n) is 7.35. The van der Waals surface area contributed by atoms with Crippen LogP contribution in [0.25, 0.3) is 0 Å². The van der Waals surface area contributed by atoms with Crippen LogP contribution in [0, 0.1) is 16.0 Å². The summed E-state index contributed by atoms with van der Waals surface area (Å²) in [5.41, 5.74) is 9.80. The lowest BCUT2D eigenvalue weighted by Gasteiger charge is -2.29. The lowest BCUT2D eigenvalue weighted by atomic mass is 9.91. The standard InChI is InChI=1S/C15H20N4O4/c16-15(20)13-8-12(6-7-19(21)22)14(9-17-13)18-23-10-11-4-2-1-3-5-11/h1-5,9,12-13,17-18H,6-8,10H2,(H2,16,20). The second kappa shape index (κ2) is 8.14. The van der Waals surface area contributed by atoms with E-state index in [1.54, 1.807) is 6.20 Å². The SMILES string of the molecule is NC(=O)C1CC(CC[N+](=O)[O-])C(NOCc2ccccc2)=CN1. The average molecular weight is 320 g/mol. The van der Waals surface area contributed by atoms with Crippen LogP contribution in [-0.4, -0.2) is 23.4 Å². The van der Waals surface area contributed by atoms with Crippen molar-refractivity contribution in [2.45, 2.75) is 25.5 Å². The number of nitrogens with zero attached hydrogens (tertiary/aromatic N) is 1. The van der Waals surface area contributed by atoms with E-state index in [4.69, 9.17) is 10.6 Å². The maximum atomic E-state index is 11.3. The van der Waals surface area contributed by atoms with E-state index in [2.05, 4.69) is 10.8 Å². The van der Waals surface area contributed by atoms with E-state index in [-0.39, 0.29) is 17.4 Å². The van der Waals surface area contributed by atoms with E-state index >= 15 is 0 Å². The van der Waals surface area contributed by atoms with Gasteiger partial charge in [-0.3, -0.25) is 25.2 Å². The van der Waals surface area contributed by atoms with E-state index in [9.17, 15) is 14.9 Å². The van der Waals surface area contributed by atoms with Gasteiger partial charge in [-0.1, -0.05) is 30.3 Å². The highest BCUT2D eigenvalue weighted by atomic mass is 16.6. The molecular formula is C15H20N4O4. The number of carbonyl (C=O) groups is 1. The number of primary amides is 1. The number of rotatable bonds is 8. The molecule has 0 saturated carbocycles. The molecule has 8 heteroatoms. The van der Waals surface area contributed by atoms with E-state index < -0.39 is 11.9 Å². The summed E-state index contributed by atoms with van der Waals surface area (Å²) in [5, 5.41) is 13.5. The summed E-state index contributed by atoms with van der Waals surface area (Å²) in [6, 6.07) is 9.09. The third kappa shape index (κ3) is 5.26. The first-order valence-corrected chi connectivity index (χ1v) is 7.35. The Morgan fingerprint density at radius 3 is 2.83 bits per heavy atom. The molecule has 0 aliphatic carbocycles. The Balaban J connectivity index is 1.92. The fourth-order valence-corrected chi connectivity index (χ4v) is 2.41. The van der Waals surface area contributed by atoms with E-state index in [0.29, 0.717) is 25.1 Å². The smallest absolute Gasteiger partial charge is 0.239 e. The number of hydrogen-bond acceptors (Lipinski definition) is 6. The molecule has 1 aromatic rings. The van der Waals surface area contributed by atoms with Crippen molar-refractivity contribution in [2.75, 3.05) is 6.54 Å². The van der Waals surface area contributed by atoms with Gasteiger partial charge in [-0.05, 0) is 12.0 Å². The molecule has 2 atom stereocenters. The predicted molar refractivity (Wildman–Crippen MR) is 83.2 cm³/mol. The quantitative estimate of drug-likeness (QED) is 0.478. The van der Waals surface area contributed by atoms with Crippen LogP contribution in [-0.2, 0) is 16.2 Å². The molecule has 0 bridgehead atoms. The average Bonchev–Trinajstić information content (AvgIpc) is 2.54. The minimum atomic E-state index is -0.522. The molecule has 23 heavy (non-hydrogen) atoms. The van der Waals surface area contributed by atoms with Gasteiger partial charge in [-0.2, -0.15) is 0 Å². The Hall–Kier alpha value is -2.61. The highest BCUT2D eigenvalue weighted by Crippen LogP contribution is 2.23. The molecule has 2 unspecified atom stereocenters. The van der Waals surface area contributed by atoms with Gasteiger partial charge in [-0.25, -0.2) is 0 Å². The zero-order valence-corrected chi connectivity index (χ0v) is 12.6. The Morgan fingerprint density at radius 2 is 2.17 bits per heavy atom. The van der Waals surface area contributed by atoms with Crippen LogP contribution in [0.5, 0.6) is 0 Å². The fraction of sp³-hybridized carbons (Fsp3) is 0.400. The van der Waals surface area contributed by atoms with Crippen LogP contribution in [0.3, 0.4) is 0 Å². The van der Waals surface area contributed by atoms with Crippen molar-refractivity contribution in [3.05, 3.63) is 57.9 Å². The number of nitrogens with one attached hydrogen (secondary N) is 2. The molecule has 0 fully saturated rings. The zero-order valence-electron chi connectivity index (χ0n) is 12.6. The molecule has 1 heterocycles. The minimum Gasteiger partial charge on any atom is -0.378 e. The summed E-state index contributed by atoms with van der Waals surface area (Å²) < 4.78 is 0. The van der Waals surface area contributed by atoms with E-state index in [1.165, 1.54) is 0 Å². The molecule has 4 N–H and O–H groups in total. The molecule has 1 aliphatic heterocycles. The molecule has 0 radical (unpaired) electrons. The van der Waals surface area contributed by atoms with Crippen molar-refractivity contribution < 1.29 is 14.6 Å². The summed E-state index contributed by atoms with van der Waals surface area (Å²) in [7, 11) is 0. The number of amides is 1. The van der Waals surface area contributed by atoms with Crippen LogP contribution in [0.2, 0.25) is 0 Å². The topological polar surface area (TPSA) is 120 Å². The van der Waals surface area contributed by atoms with Gasteiger partial charge in [0.25, 0.3) is 0 Å². The van der Waals surface area contributed by atoms with Crippen molar-refractivity contribution in [1.29, 1.82) is 0 Å². The molecule has 8 nitrogen and oxygen atoms in total. The lowest BCUT2D eigenvalue weighted by Crippen LogP contribution is -2.45. The summed E-state index contributed by atoms with van der Waals surface area (Å²) in [5.74, 6) is -0.661. The highest BCUT2D eigenvalue weighted by Gasteiger charge is 2.28. The molecule has 2 rings (SSSR count). The molecular weight excluding hydrogens is 300 g/mol. The Morgan fingerprint density at radius 1 is 1.43 bits per heavy atom. The molecule has 124 valence electrons. The fourth-order valence-electron chi connectivity index (χ4n) is 2.41. The second-order valence-electron chi connectivity index (χ2n) is 5.38. The maximum Gasteiger partial charge on any atom is 0.239 e. The van der Waals surface area contributed by atoms with Gasteiger partial charge in [0.15, 0.2) is 0 Å². The number of hydroxylamine groups is 1. The van der Waals surface area contributed by atoms with Crippen LogP contribution in [0.15, 0.2) is 42.2 Å². The van der Waals surface area contributed by atoms with Gasteiger partial charge >= 0.3 is 0 Å². The molecule has 1 aromatic carbocycles. The van der Waals surface area contributed by atoms with Crippen molar-refractivity contribution >= 4 is 5.91 Å². The Labute approximate surface area is 133 Å². The molecule has 1 aliphatic rings. The third-order valence-corrected chi connectivity index (χ3v) is 3.68. The van der Waals surface area contributed by atoms with Crippen LogP contribution < -0.4 is 16.5 Å². The number of allylic oxidation sites excluding steroid dienone is 1. The maximum absolute atomic E-state index is 11.3. The van der Waals surface area contributed by atoms with Crippen molar-refractivity contribution in [1.82, 2.24) is 10.8 Å². The van der Waals surface area contributed by atoms with Gasteiger partial charge in [0.05, 0.1) is 12.3 Å². The summed E-state index contributed by atoms with van der Waals surface area (Å²) in [6.07, 6.45) is 2.32. The molecule has 1 amide bonds. The van der Waals surface area contributed by atoms with Crippen LogP contribution in [0.4, 0.5) is 0 Å². The van der Waals surface area contributed by atoms with E-state index in [1.807, 2.05) is 30.3 Å². The van der Waals surface area contributed by atoms with Gasteiger partial charge < -0.3 is 11.1 Å². The van der Waals surface area contributed by atoms with Crippen molar-refractivity contribution in [3.8, 4) is 0 Å². The predicted octanol–water partition coefficient (Wildman–Crippen LogP) is 0.679. The monoisotopic (exact) mass is 320 g/mol. The molecule has 0 saturated heterocycles. The molecule has 0 spiro atoms. The highest BCUT2D eigenvalue weighted by molar-refractivity contribution is 5.80. The number of hydrogen-bond donors (Lipinski definition) is 3. The summed E-state index contributed by atoms with van der Waals surface area (Å²) >= 11 is 0. The Kier molecular flexibility index (Phi) is 5.93. The number of nitrogens with two attached hydrogens (primary N) is 1. The Bertz CT molecular complexity index is 576. The summed E-state index contributed by atoms with van der Waals surface area (Å²) in [6.45, 7) is 0.188. The zero-order chi connectivity index (χ0) is 16.7. The lowest BCUT2D eigenvalue weighted by molar-refractivity contribution is -0.481. The van der Waals surface area contributed by atoms with Gasteiger partial charge in [0.1, 0.15) is 6.04 Å². The first-order chi connectivity index (χ1) is 11.1. The van der Waals surface area contributed by atoms with Crippen LogP contribution in [0.1, 0.15) is 18.4 Å². The number of nitro groups is 1. The van der Waals surface area contributed by atoms with Crippen molar-refractivity contribution in [2.24, 2.45) is 11.7 Å². The van der Waals surface area contributed by atoms with Crippen molar-refractivity contribution in [3.63, 3.8) is 0 Å². The largest absolute Gasteiger partial charge is 0.378 e. The van der Waals surface area contributed by atoms with Gasteiger partial charge in [0, 0.05) is 23.5 Å². The number of carbonyl (C=O) groups excluding carboxylic acids is 1. The van der Waals surface area contributed by atoms with Gasteiger partial charge in [0.2, 0.25) is 12.5 Å². The number of benzene rings is 1. The van der Waals surface area contributed by atoms with E-state index in [0.717, 1.165) is 5.56 Å². The first kappa shape index (κ1) is 16.8. The second-order valence-corrected chi connectivity index (χ2v) is 5.38. The normalized spacial score (nSPS) is 20.3. The minimum absolute atomic E-state index is 0.173. The third-order valence-electron chi connectivity index (χ3n) is 3.68.